The molecule has 1 unspecified atom stereocenters. The molecule has 2 fully saturated rings. The molecule has 6 rings (SSSR count). The summed E-state index contributed by atoms with van der Waals surface area (Å²) in [5, 5.41) is 5.37. The van der Waals surface area contributed by atoms with Crippen molar-refractivity contribution in [2.75, 3.05) is 13.1 Å². The van der Waals surface area contributed by atoms with Crippen LogP contribution >= 0.6 is 0 Å². The van der Waals surface area contributed by atoms with Gasteiger partial charge in [-0.05, 0) is 93.7 Å². The number of amides is 1. The van der Waals surface area contributed by atoms with Gasteiger partial charge in [-0.25, -0.2) is 4.79 Å². The molecule has 3 aromatic carbocycles. The normalized spacial score (nSPS) is 18.6. The zero-order valence-electron chi connectivity index (χ0n) is 27.5. The van der Waals surface area contributed by atoms with Crippen LogP contribution in [-0.2, 0) is 28.0 Å². The van der Waals surface area contributed by atoms with Crippen LogP contribution in [0.3, 0.4) is 0 Å². The van der Waals surface area contributed by atoms with Gasteiger partial charge in [-0.2, -0.15) is 9.78 Å². The zero-order chi connectivity index (χ0) is 32.1. The minimum atomic E-state index is -0.600. The molecule has 1 atom stereocenters. The van der Waals surface area contributed by atoms with E-state index < -0.39 is 17.1 Å². The van der Waals surface area contributed by atoms with Crippen molar-refractivity contribution in [1.29, 1.82) is 0 Å². The van der Waals surface area contributed by atoms with Crippen LogP contribution in [0.5, 0.6) is 5.75 Å². The highest BCUT2D eigenvalue weighted by Gasteiger charge is 2.44. The fourth-order valence-corrected chi connectivity index (χ4v) is 7.33. The first-order valence-corrected chi connectivity index (χ1v) is 17.0. The molecular formula is C39H47N3O4. The lowest BCUT2D eigenvalue weighted by Gasteiger charge is -2.41. The number of carbonyl (C=O) groups is 2. The van der Waals surface area contributed by atoms with Crippen molar-refractivity contribution in [3.8, 4) is 5.75 Å². The molecule has 1 aliphatic carbocycles. The van der Waals surface area contributed by atoms with Gasteiger partial charge in [-0.15, -0.1) is 0 Å². The number of hydrogen-bond acceptors (Lipinski definition) is 5. The van der Waals surface area contributed by atoms with Crippen molar-refractivity contribution < 1.29 is 19.1 Å². The molecule has 1 aromatic heterocycles. The molecule has 0 N–H and O–H groups in total. The van der Waals surface area contributed by atoms with Gasteiger partial charge >= 0.3 is 6.09 Å². The van der Waals surface area contributed by atoms with Crippen LogP contribution in [0.1, 0.15) is 88.8 Å². The molecular weight excluding hydrogens is 574 g/mol. The third-order valence-electron chi connectivity index (χ3n) is 9.61. The van der Waals surface area contributed by atoms with Crippen molar-refractivity contribution in [3.05, 3.63) is 95.7 Å². The van der Waals surface area contributed by atoms with Gasteiger partial charge in [0.2, 0.25) is 5.91 Å². The minimum Gasteiger partial charge on any atom is -0.489 e. The van der Waals surface area contributed by atoms with E-state index in [0.717, 1.165) is 97.8 Å². The van der Waals surface area contributed by atoms with Gasteiger partial charge in [0, 0.05) is 18.5 Å². The Labute approximate surface area is 272 Å². The predicted molar refractivity (Wildman–Crippen MR) is 181 cm³/mol. The molecule has 7 nitrogen and oxygen atoms in total. The number of ether oxygens (including phenoxy) is 2. The number of hydrogen-bond donors (Lipinski definition) is 0. The summed E-state index contributed by atoms with van der Waals surface area (Å²) in [6.45, 7) is 7.64. The maximum atomic E-state index is 14.7. The van der Waals surface area contributed by atoms with E-state index in [1.807, 2.05) is 63.2 Å². The number of likely N-dealkylation sites (tertiary alicyclic amines) is 1. The number of carbonyl (C=O) groups excluding carboxylic acids is 2. The van der Waals surface area contributed by atoms with E-state index in [1.54, 1.807) is 6.20 Å². The van der Waals surface area contributed by atoms with Crippen LogP contribution in [0.25, 0.3) is 10.9 Å². The number of aromatic nitrogens is 2. The van der Waals surface area contributed by atoms with Gasteiger partial charge in [0.25, 0.3) is 0 Å². The Balaban J connectivity index is 1.19. The van der Waals surface area contributed by atoms with Crippen molar-refractivity contribution in [2.24, 2.45) is 5.92 Å². The fraction of sp³-hybridized carbons (Fsp3) is 0.462. The topological polar surface area (TPSA) is 73.7 Å². The Hall–Kier alpha value is -4.13. The summed E-state index contributed by atoms with van der Waals surface area (Å²) in [5.41, 5.74) is 3.08. The first-order chi connectivity index (χ1) is 22.2. The lowest BCUT2D eigenvalue weighted by atomic mass is 9.68. The molecule has 7 heteroatoms. The first kappa shape index (κ1) is 31.8. The van der Waals surface area contributed by atoms with E-state index in [2.05, 4.69) is 40.3 Å². The van der Waals surface area contributed by atoms with Crippen LogP contribution < -0.4 is 4.74 Å². The molecule has 242 valence electrons. The van der Waals surface area contributed by atoms with Crippen molar-refractivity contribution in [1.82, 2.24) is 14.7 Å². The standard InChI is InChI=1S/C39H47N3O4/c1-38(2,3)46-37(44)42-35-17-12-16-31(34(35)26-40-42)25-30-15-8-11-24-41(27-30)36(43)39(22-9-5-10-23-39)32-18-20-33(21-19-32)45-28-29-13-6-4-7-14-29/h4,6-7,12-14,16-21,26,30H,5,8-11,15,22-25,27-28H2,1-3H3. The molecule has 4 aromatic rings. The minimum absolute atomic E-state index is 0.285. The Morgan fingerprint density at radius 2 is 1.65 bits per heavy atom. The van der Waals surface area contributed by atoms with Crippen LogP contribution in [-0.4, -0.2) is 45.4 Å². The molecule has 2 aliphatic rings. The molecule has 0 spiro atoms. The number of nitrogens with zero attached hydrogens (tertiary/aromatic N) is 3. The maximum Gasteiger partial charge on any atom is 0.435 e. The summed E-state index contributed by atoms with van der Waals surface area (Å²) in [7, 11) is 0. The third kappa shape index (κ3) is 7.14. The largest absolute Gasteiger partial charge is 0.489 e. The van der Waals surface area contributed by atoms with Gasteiger partial charge in [-0.3, -0.25) is 4.79 Å². The number of rotatable bonds is 7. The second-order valence-electron chi connectivity index (χ2n) is 14.1. The molecule has 2 heterocycles. The summed E-state index contributed by atoms with van der Waals surface area (Å²) >= 11 is 0. The SMILES string of the molecule is CC(C)(C)OC(=O)n1ncc2c(CC3CCCCN(C(=O)C4(c5ccc(OCc6ccccc6)cc5)CCCCC4)C3)cccc21. The van der Waals surface area contributed by atoms with Crippen molar-refractivity contribution in [2.45, 2.75) is 96.2 Å². The summed E-state index contributed by atoms with van der Waals surface area (Å²) in [6.07, 6.45) is 10.4. The van der Waals surface area contributed by atoms with E-state index in [-0.39, 0.29) is 5.91 Å². The average Bonchev–Trinajstić information content (AvgIpc) is 3.37. The van der Waals surface area contributed by atoms with E-state index in [4.69, 9.17) is 9.47 Å². The first-order valence-electron chi connectivity index (χ1n) is 17.0. The van der Waals surface area contributed by atoms with Crippen LogP contribution in [0.15, 0.2) is 79.0 Å². The lowest BCUT2D eigenvalue weighted by molar-refractivity contribution is -0.139. The second-order valence-corrected chi connectivity index (χ2v) is 14.1. The molecule has 1 saturated carbocycles. The highest BCUT2D eigenvalue weighted by Crippen LogP contribution is 2.42. The molecule has 1 saturated heterocycles. The summed E-state index contributed by atoms with van der Waals surface area (Å²) in [5.74, 6) is 1.44. The smallest absolute Gasteiger partial charge is 0.435 e. The van der Waals surface area contributed by atoms with E-state index in [9.17, 15) is 9.59 Å². The Morgan fingerprint density at radius 1 is 0.891 bits per heavy atom. The monoisotopic (exact) mass is 621 g/mol. The highest BCUT2D eigenvalue weighted by atomic mass is 16.6. The second kappa shape index (κ2) is 13.7. The van der Waals surface area contributed by atoms with E-state index in [1.165, 1.54) is 11.1 Å². The summed E-state index contributed by atoms with van der Waals surface area (Å²) < 4.78 is 13.0. The van der Waals surface area contributed by atoms with E-state index in [0.29, 0.717) is 12.5 Å². The zero-order valence-corrected chi connectivity index (χ0v) is 27.5. The third-order valence-corrected chi connectivity index (χ3v) is 9.61. The van der Waals surface area contributed by atoms with Gasteiger partial charge < -0.3 is 14.4 Å². The van der Waals surface area contributed by atoms with Gasteiger partial charge in [-0.1, -0.05) is 80.3 Å². The highest BCUT2D eigenvalue weighted by molar-refractivity contribution is 5.90. The van der Waals surface area contributed by atoms with E-state index >= 15 is 0 Å². The Bertz CT molecular complexity index is 1630. The molecule has 46 heavy (non-hydrogen) atoms. The van der Waals surface area contributed by atoms with Gasteiger partial charge in [0.1, 0.15) is 18.0 Å². The Kier molecular flexibility index (Phi) is 9.48. The predicted octanol–water partition coefficient (Wildman–Crippen LogP) is 8.47. The summed E-state index contributed by atoms with van der Waals surface area (Å²) in [6, 6.07) is 24.5. The molecule has 0 radical (unpaired) electrons. The fourth-order valence-electron chi connectivity index (χ4n) is 7.33. The van der Waals surface area contributed by atoms with Crippen LogP contribution in [0.2, 0.25) is 0 Å². The molecule has 1 amide bonds. The lowest BCUT2D eigenvalue weighted by Crippen LogP contribution is -2.49. The quantitative estimate of drug-likeness (QED) is 0.207. The van der Waals surface area contributed by atoms with Gasteiger partial charge in [0.15, 0.2) is 0 Å². The van der Waals surface area contributed by atoms with Crippen LogP contribution in [0.4, 0.5) is 4.79 Å². The Morgan fingerprint density at radius 3 is 2.39 bits per heavy atom. The number of fused-ring (bicyclic) bond motifs is 1. The maximum absolute atomic E-state index is 14.7. The molecule has 1 aliphatic heterocycles. The average molecular weight is 622 g/mol. The van der Waals surface area contributed by atoms with Crippen LogP contribution in [0, 0.1) is 5.92 Å². The van der Waals surface area contributed by atoms with Crippen molar-refractivity contribution >= 4 is 22.9 Å². The number of benzene rings is 3. The summed E-state index contributed by atoms with van der Waals surface area (Å²) in [4.78, 5) is 29.7. The molecule has 0 bridgehead atoms. The van der Waals surface area contributed by atoms with Crippen molar-refractivity contribution in [3.63, 3.8) is 0 Å². The van der Waals surface area contributed by atoms with Gasteiger partial charge in [0.05, 0.1) is 17.1 Å².